The molecule has 0 N–H and O–H groups in total. The molecule has 0 bridgehead atoms. The van der Waals surface area contributed by atoms with Gasteiger partial charge in [0.1, 0.15) is 17.4 Å². The third-order valence-electron chi connectivity index (χ3n) is 3.14. The van der Waals surface area contributed by atoms with Crippen LogP contribution in [-0.2, 0) is 10.9 Å². The summed E-state index contributed by atoms with van der Waals surface area (Å²) < 4.78 is 49.6. The molecule has 0 aromatic carbocycles. The maximum Gasteiger partial charge on any atom is 0.433 e. The van der Waals surface area contributed by atoms with Crippen LogP contribution in [0.25, 0.3) is 0 Å². The fourth-order valence-electron chi connectivity index (χ4n) is 2.17. The number of hydrogen-bond donors (Lipinski definition) is 0. The van der Waals surface area contributed by atoms with Crippen LogP contribution < -0.4 is 4.74 Å². The average molecular weight is 458 g/mol. The maximum absolute atomic E-state index is 12.8. The number of pyridine rings is 1. The van der Waals surface area contributed by atoms with E-state index in [-0.39, 0.29) is 12.4 Å². The first-order chi connectivity index (χ1) is 10.9. The molecule has 1 saturated heterocycles. The normalized spacial score (nSPS) is 18.6. The van der Waals surface area contributed by atoms with Gasteiger partial charge in [0, 0.05) is 22.6 Å². The monoisotopic (exact) mass is 458 g/mol. The lowest BCUT2D eigenvalue weighted by molar-refractivity contribution is -0.141. The molecule has 1 atom stereocenters. The van der Waals surface area contributed by atoms with Gasteiger partial charge in [-0.1, -0.05) is 0 Å². The minimum absolute atomic E-state index is 0.0923. The SMILES string of the molecule is CC(C)(C)OC(=O)N1CCC(Oc2cc(I)cc(C(F)(F)F)n2)C1. The lowest BCUT2D eigenvalue weighted by atomic mass is 10.2. The van der Waals surface area contributed by atoms with Gasteiger partial charge in [0.05, 0.1) is 6.54 Å². The number of rotatable bonds is 2. The standard InChI is InChI=1S/C15H18F3IN2O3/c1-14(2,3)24-13(22)21-5-4-10(8-21)23-12-7-9(19)6-11(20-12)15(16,17)18/h6-7,10H,4-5,8H2,1-3H3. The van der Waals surface area contributed by atoms with E-state index in [4.69, 9.17) is 9.47 Å². The van der Waals surface area contributed by atoms with Crippen LogP contribution in [-0.4, -0.2) is 40.8 Å². The summed E-state index contributed by atoms with van der Waals surface area (Å²) >= 11 is 1.78. The quantitative estimate of drug-likeness (QED) is 0.627. The Morgan fingerprint density at radius 2 is 2.00 bits per heavy atom. The van der Waals surface area contributed by atoms with Gasteiger partial charge in [-0.25, -0.2) is 9.78 Å². The van der Waals surface area contributed by atoms with Crippen LogP contribution in [0.15, 0.2) is 12.1 Å². The summed E-state index contributed by atoms with van der Waals surface area (Å²) in [5.74, 6) is -0.0923. The van der Waals surface area contributed by atoms with E-state index in [9.17, 15) is 18.0 Å². The molecule has 1 amide bonds. The second kappa shape index (κ2) is 6.93. The zero-order chi connectivity index (χ0) is 18.1. The summed E-state index contributed by atoms with van der Waals surface area (Å²) in [7, 11) is 0. The molecular formula is C15H18F3IN2O3. The predicted molar refractivity (Wildman–Crippen MR) is 88.8 cm³/mol. The van der Waals surface area contributed by atoms with Crippen LogP contribution in [0.1, 0.15) is 32.9 Å². The van der Waals surface area contributed by atoms with Gasteiger partial charge >= 0.3 is 12.3 Å². The van der Waals surface area contributed by atoms with E-state index < -0.39 is 29.7 Å². The summed E-state index contributed by atoms with van der Waals surface area (Å²) in [4.78, 5) is 17.0. The van der Waals surface area contributed by atoms with Gasteiger partial charge in [0.15, 0.2) is 0 Å². The molecule has 1 aliphatic rings. The van der Waals surface area contributed by atoms with Crippen LogP contribution in [0.4, 0.5) is 18.0 Å². The van der Waals surface area contributed by atoms with E-state index in [0.717, 1.165) is 6.07 Å². The third-order valence-corrected chi connectivity index (χ3v) is 3.76. The number of likely N-dealkylation sites (tertiary alicyclic amines) is 1. The van der Waals surface area contributed by atoms with Crippen LogP contribution in [0.2, 0.25) is 0 Å². The highest BCUT2D eigenvalue weighted by Crippen LogP contribution is 2.31. The number of aromatic nitrogens is 1. The van der Waals surface area contributed by atoms with Gasteiger partial charge in [-0.05, 0) is 49.4 Å². The van der Waals surface area contributed by atoms with Gasteiger partial charge in [0.2, 0.25) is 5.88 Å². The van der Waals surface area contributed by atoms with Gasteiger partial charge in [-0.2, -0.15) is 13.2 Å². The number of alkyl halides is 3. The first-order valence-electron chi connectivity index (χ1n) is 7.33. The first kappa shape index (κ1) is 19.1. The number of halogens is 4. The summed E-state index contributed by atoms with van der Waals surface area (Å²) in [6, 6.07) is 2.39. The summed E-state index contributed by atoms with van der Waals surface area (Å²) in [5.41, 5.74) is -1.60. The van der Waals surface area contributed by atoms with E-state index >= 15 is 0 Å². The Kier molecular flexibility index (Phi) is 5.50. The molecule has 24 heavy (non-hydrogen) atoms. The molecule has 134 valence electrons. The van der Waals surface area contributed by atoms with Crippen molar-refractivity contribution in [3.8, 4) is 5.88 Å². The van der Waals surface area contributed by atoms with E-state index in [0.29, 0.717) is 16.5 Å². The van der Waals surface area contributed by atoms with Crippen molar-refractivity contribution in [2.45, 2.75) is 45.1 Å². The molecule has 1 fully saturated rings. The molecule has 1 unspecified atom stereocenters. The number of hydrogen-bond acceptors (Lipinski definition) is 4. The second-order valence-electron chi connectivity index (χ2n) is 6.46. The highest BCUT2D eigenvalue weighted by atomic mass is 127. The van der Waals surface area contributed by atoms with Crippen LogP contribution in [0.5, 0.6) is 5.88 Å². The predicted octanol–water partition coefficient (Wildman–Crippen LogP) is 4.09. The fraction of sp³-hybridized carbons (Fsp3) is 0.600. The molecule has 1 aromatic heterocycles. The van der Waals surface area contributed by atoms with Gasteiger partial charge in [0.25, 0.3) is 0 Å². The molecule has 5 nitrogen and oxygen atoms in total. The first-order valence-corrected chi connectivity index (χ1v) is 8.41. The van der Waals surface area contributed by atoms with Crippen molar-refractivity contribution >= 4 is 28.7 Å². The molecule has 0 radical (unpaired) electrons. The highest BCUT2D eigenvalue weighted by molar-refractivity contribution is 14.1. The number of amides is 1. The molecular weight excluding hydrogens is 440 g/mol. The summed E-state index contributed by atoms with van der Waals surface area (Å²) in [6.45, 7) is 5.98. The zero-order valence-electron chi connectivity index (χ0n) is 13.5. The Labute approximate surface area is 151 Å². The van der Waals surface area contributed by atoms with Crippen molar-refractivity contribution in [1.29, 1.82) is 0 Å². The fourth-order valence-corrected chi connectivity index (χ4v) is 2.73. The van der Waals surface area contributed by atoms with E-state index in [2.05, 4.69) is 4.98 Å². The number of carbonyl (C=O) groups is 1. The Balaban J connectivity index is 2.01. The molecule has 9 heteroatoms. The lowest BCUT2D eigenvalue weighted by Crippen LogP contribution is -2.36. The Morgan fingerprint density at radius 1 is 1.33 bits per heavy atom. The Bertz CT molecular complexity index is 617. The Hall–Kier alpha value is -1.26. The number of carbonyl (C=O) groups excluding carboxylic acids is 1. The van der Waals surface area contributed by atoms with E-state index in [1.165, 1.54) is 11.0 Å². The number of ether oxygens (including phenoxy) is 2. The molecule has 2 heterocycles. The van der Waals surface area contributed by atoms with Gasteiger partial charge in [-0.3, -0.25) is 0 Å². The molecule has 0 saturated carbocycles. The van der Waals surface area contributed by atoms with Crippen molar-refractivity contribution in [2.24, 2.45) is 0 Å². The summed E-state index contributed by atoms with van der Waals surface area (Å²) in [6.07, 6.45) is -4.89. The molecule has 1 aliphatic heterocycles. The minimum Gasteiger partial charge on any atom is -0.472 e. The number of nitrogens with zero attached hydrogens (tertiary/aromatic N) is 2. The molecule has 0 aliphatic carbocycles. The van der Waals surface area contributed by atoms with Crippen molar-refractivity contribution in [3.63, 3.8) is 0 Å². The van der Waals surface area contributed by atoms with Gasteiger partial charge in [-0.15, -0.1) is 0 Å². The van der Waals surface area contributed by atoms with E-state index in [1.807, 2.05) is 0 Å². The largest absolute Gasteiger partial charge is 0.472 e. The van der Waals surface area contributed by atoms with E-state index in [1.54, 1.807) is 43.4 Å². The zero-order valence-corrected chi connectivity index (χ0v) is 15.6. The summed E-state index contributed by atoms with van der Waals surface area (Å²) in [5, 5.41) is 0. The lowest BCUT2D eigenvalue weighted by Gasteiger charge is -2.24. The second-order valence-corrected chi connectivity index (χ2v) is 7.71. The minimum atomic E-state index is -4.53. The average Bonchev–Trinajstić information content (AvgIpc) is 2.83. The smallest absolute Gasteiger partial charge is 0.433 e. The maximum atomic E-state index is 12.8. The molecule has 0 spiro atoms. The topological polar surface area (TPSA) is 51.7 Å². The van der Waals surface area contributed by atoms with Crippen LogP contribution >= 0.6 is 22.6 Å². The van der Waals surface area contributed by atoms with Crippen molar-refractivity contribution in [1.82, 2.24) is 9.88 Å². The van der Waals surface area contributed by atoms with Crippen molar-refractivity contribution < 1.29 is 27.4 Å². The molecule has 2 rings (SSSR count). The van der Waals surface area contributed by atoms with Crippen LogP contribution in [0, 0.1) is 3.57 Å². The molecule has 1 aromatic rings. The van der Waals surface area contributed by atoms with Crippen molar-refractivity contribution in [2.75, 3.05) is 13.1 Å². The Morgan fingerprint density at radius 3 is 2.58 bits per heavy atom. The highest BCUT2D eigenvalue weighted by Gasteiger charge is 2.35. The van der Waals surface area contributed by atoms with Crippen molar-refractivity contribution in [3.05, 3.63) is 21.4 Å². The third kappa shape index (κ3) is 5.38. The van der Waals surface area contributed by atoms with Crippen LogP contribution in [0.3, 0.4) is 0 Å². The van der Waals surface area contributed by atoms with Gasteiger partial charge < -0.3 is 14.4 Å².